The number of Topliss-reactive ketones (excluding diaryl/α,β-unsaturated/α-hetero) is 1. The molecule has 0 aromatic heterocycles. The van der Waals surface area contributed by atoms with Gasteiger partial charge in [-0.25, -0.2) is 0 Å². The van der Waals surface area contributed by atoms with Crippen LogP contribution in [-0.4, -0.2) is 29.3 Å². The number of hydrogen-bond donors (Lipinski definition) is 0. The van der Waals surface area contributed by atoms with Crippen LogP contribution < -0.4 is 0 Å². The predicted octanol–water partition coefficient (Wildman–Crippen LogP) is 4.32. The van der Waals surface area contributed by atoms with Crippen LogP contribution in [0.1, 0.15) is 83.5 Å². The Bertz CT molecular complexity index is 318. The number of likely N-dealkylation sites (tertiary alicyclic amines) is 1. The lowest BCUT2D eigenvalue weighted by atomic mass is 9.79. The summed E-state index contributed by atoms with van der Waals surface area (Å²) in [5, 5.41) is 0. The zero-order valence-corrected chi connectivity index (χ0v) is 13.0. The number of nitrogens with zero attached hydrogens (tertiary/aromatic N) is 1. The number of ketones is 1. The second kappa shape index (κ2) is 6.60. The van der Waals surface area contributed by atoms with E-state index in [0.717, 1.165) is 12.8 Å². The van der Waals surface area contributed by atoms with Gasteiger partial charge in [0.2, 0.25) is 0 Å². The Morgan fingerprint density at radius 1 is 0.750 bits per heavy atom. The zero-order chi connectivity index (χ0) is 13.8. The lowest BCUT2D eigenvalue weighted by Gasteiger charge is -2.44. The molecule has 114 valence electrons. The first kappa shape index (κ1) is 14.6. The highest BCUT2D eigenvalue weighted by atomic mass is 16.1. The van der Waals surface area contributed by atoms with Crippen molar-refractivity contribution < 1.29 is 4.79 Å². The van der Waals surface area contributed by atoms with Crippen molar-refractivity contribution in [3.05, 3.63) is 0 Å². The van der Waals surface area contributed by atoms with E-state index in [1.165, 1.54) is 83.7 Å². The van der Waals surface area contributed by atoms with Gasteiger partial charge in [0.1, 0.15) is 0 Å². The lowest BCUT2D eigenvalue weighted by molar-refractivity contribution is -0.136. The smallest absolute Gasteiger partial charge is 0.156 e. The van der Waals surface area contributed by atoms with Crippen molar-refractivity contribution in [2.45, 2.75) is 89.0 Å². The van der Waals surface area contributed by atoms with Gasteiger partial charge in [-0.3, -0.25) is 9.69 Å². The minimum Gasteiger partial charge on any atom is -0.297 e. The van der Waals surface area contributed by atoms with Crippen molar-refractivity contribution in [3.63, 3.8) is 0 Å². The molecule has 0 amide bonds. The van der Waals surface area contributed by atoms with E-state index in [0.29, 0.717) is 11.7 Å². The third-order valence-electron chi connectivity index (χ3n) is 6.08. The average Bonchev–Trinajstić information content (AvgIpc) is 2.84. The van der Waals surface area contributed by atoms with E-state index in [-0.39, 0.29) is 5.54 Å². The van der Waals surface area contributed by atoms with E-state index in [9.17, 15) is 4.79 Å². The Labute approximate surface area is 124 Å². The van der Waals surface area contributed by atoms with Gasteiger partial charge in [-0.15, -0.1) is 0 Å². The van der Waals surface area contributed by atoms with Gasteiger partial charge < -0.3 is 0 Å². The number of piperidine rings is 1. The molecule has 1 heterocycles. The first-order valence-corrected chi connectivity index (χ1v) is 9.12. The van der Waals surface area contributed by atoms with E-state index in [4.69, 9.17) is 0 Å². The average molecular weight is 277 g/mol. The number of carbonyl (C=O) groups is 1. The number of rotatable bonds is 3. The molecule has 3 rings (SSSR count). The third kappa shape index (κ3) is 2.81. The molecule has 2 aliphatic carbocycles. The van der Waals surface area contributed by atoms with Crippen LogP contribution in [0.4, 0.5) is 0 Å². The molecule has 0 radical (unpaired) electrons. The van der Waals surface area contributed by atoms with Crippen LogP contribution in [-0.2, 0) is 4.79 Å². The van der Waals surface area contributed by atoms with Crippen molar-refractivity contribution in [1.82, 2.24) is 4.90 Å². The molecule has 0 aromatic rings. The summed E-state index contributed by atoms with van der Waals surface area (Å²) < 4.78 is 0. The maximum Gasteiger partial charge on any atom is 0.156 e. The molecule has 3 fully saturated rings. The molecule has 2 saturated carbocycles. The highest BCUT2D eigenvalue weighted by molar-refractivity contribution is 5.90. The second-order valence-electron chi connectivity index (χ2n) is 7.34. The molecule has 0 atom stereocenters. The molecule has 1 saturated heterocycles. The van der Waals surface area contributed by atoms with Crippen LogP contribution in [0.2, 0.25) is 0 Å². The highest BCUT2D eigenvalue weighted by Gasteiger charge is 2.47. The topological polar surface area (TPSA) is 20.3 Å². The van der Waals surface area contributed by atoms with Gasteiger partial charge in [0.05, 0.1) is 5.54 Å². The summed E-state index contributed by atoms with van der Waals surface area (Å²) in [4.78, 5) is 15.9. The van der Waals surface area contributed by atoms with Gasteiger partial charge in [-0.2, -0.15) is 0 Å². The van der Waals surface area contributed by atoms with Crippen molar-refractivity contribution in [1.29, 1.82) is 0 Å². The summed E-state index contributed by atoms with van der Waals surface area (Å²) in [6, 6.07) is 0. The molecule has 0 spiro atoms. The Hall–Kier alpha value is -0.370. The van der Waals surface area contributed by atoms with E-state index in [1.807, 2.05) is 0 Å². The van der Waals surface area contributed by atoms with Crippen LogP contribution in [0.3, 0.4) is 0 Å². The maximum absolute atomic E-state index is 13.3. The minimum atomic E-state index is -0.0323. The molecule has 0 unspecified atom stereocenters. The molecule has 1 aliphatic heterocycles. The molecular formula is C18H31NO. The summed E-state index contributed by atoms with van der Waals surface area (Å²) in [6.45, 7) is 2.36. The molecule has 2 nitrogen and oxygen atoms in total. The van der Waals surface area contributed by atoms with Crippen LogP contribution in [0.25, 0.3) is 0 Å². The normalized spacial score (nSPS) is 29.2. The zero-order valence-electron chi connectivity index (χ0n) is 13.0. The van der Waals surface area contributed by atoms with Gasteiger partial charge in [0.25, 0.3) is 0 Å². The van der Waals surface area contributed by atoms with E-state index < -0.39 is 0 Å². The fourth-order valence-corrected chi connectivity index (χ4v) is 4.92. The van der Waals surface area contributed by atoms with Gasteiger partial charge in [0.15, 0.2) is 5.78 Å². The predicted molar refractivity (Wildman–Crippen MR) is 82.8 cm³/mol. The fraction of sp³-hybridized carbons (Fsp3) is 0.944. The number of hydrogen-bond acceptors (Lipinski definition) is 2. The Morgan fingerprint density at radius 3 is 1.90 bits per heavy atom. The van der Waals surface area contributed by atoms with E-state index >= 15 is 0 Å². The standard InChI is InChI=1S/C18H31NO/c20-17(16-10-4-1-2-5-11-16)18(12-6-7-13-18)19-14-8-3-9-15-19/h16H,1-15H2. The van der Waals surface area contributed by atoms with Crippen molar-refractivity contribution in [2.75, 3.05) is 13.1 Å². The molecule has 20 heavy (non-hydrogen) atoms. The Morgan fingerprint density at radius 2 is 1.30 bits per heavy atom. The van der Waals surface area contributed by atoms with Gasteiger partial charge in [0, 0.05) is 5.92 Å². The van der Waals surface area contributed by atoms with Crippen molar-refractivity contribution in [3.8, 4) is 0 Å². The van der Waals surface area contributed by atoms with Gasteiger partial charge in [-0.05, 0) is 51.6 Å². The van der Waals surface area contributed by atoms with Crippen LogP contribution >= 0.6 is 0 Å². The van der Waals surface area contributed by atoms with E-state index in [2.05, 4.69) is 4.90 Å². The summed E-state index contributed by atoms with van der Waals surface area (Å²) in [5.74, 6) is 1.04. The van der Waals surface area contributed by atoms with Crippen LogP contribution in [0, 0.1) is 5.92 Å². The summed E-state index contributed by atoms with van der Waals surface area (Å²) in [6.07, 6.45) is 16.4. The molecular weight excluding hydrogens is 246 g/mol. The molecule has 0 aromatic carbocycles. The highest BCUT2D eigenvalue weighted by Crippen LogP contribution is 2.41. The maximum atomic E-state index is 13.3. The number of carbonyl (C=O) groups excluding carboxylic acids is 1. The lowest BCUT2D eigenvalue weighted by Crippen LogP contribution is -2.56. The summed E-state index contributed by atoms with van der Waals surface area (Å²) in [7, 11) is 0. The van der Waals surface area contributed by atoms with Crippen molar-refractivity contribution in [2.24, 2.45) is 5.92 Å². The Balaban J connectivity index is 1.76. The SMILES string of the molecule is O=C(C1CCCCCC1)C1(N2CCCCC2)CCCC1. The van der Waals surface area contributed by atoms with E-state index in [1.54, 1.807) is 0 Å². The van der Waals surface area contributed by atoms with Crippen molar-refractivity contribution >= 4 is 5.78 Å². The first-order chi connectivity index (χ1) is 9.83. The molecule has 3 aliphatic rings. The summed E-state index contributed by atoms with van der Waals surface area (Å²) >= 11 is 0. The molecule has 0 bridgehead atoms. The molecule has 2 heteroatoms. The Kier molecular flexibility index (Phi) is 4.80. The quantitative estimate of drug-likeness (QED) is 0.716. The van der Waals surface area contributed by atoms with Gasteiger partial charge in [-0.1, -0.05) is 44.9 Å². The van der Waals surface area contributed by atoms with Crippen LogP contribution in [0.5, 0.6) is 0 Å². The third-order valence-corrected chi connectivity index (χ3v) is 6.08. The second-order valence-corrected chi connectivity index (χ2v) is 7.34. The largest absolute Gasteiger partial charge is 0.297 e. The first-order valence-electron chi connectivity index (χ1n) is 9.12. The fourth-order valence-electron chi connectivity index (χ4n) is 4.92. The molecule has 0 N–H and O–H groups in total. The monoisotopic (exact) mass is 277 g/mol. The van der Waals surface area contributed by atoms with Crippen LogP contribution in [0.15, 0.2) is 0 Å². The van der Waals surface area contributed by atoms with Gasteiger partial charge >= 0.3 is 0 Å². The minimum absolute atomic E-state index is 0.0323. The summed E-state index contributed by atoms with van der Waals surface area (Å²) in [5.41, 5.74) is -0.0323.